The summed E-state index contributed by atoms with van der Waals surface area (Å²) in [6, 6.07) is 11.0. The Morgan fingerprint density at radius 3 is 2.36 bits per heavy atom. The van der Waals surface area contributed by atoms with Crippen molar-refractivity contribution >= 4 is 34.8 Å². The van der Waals surface area contributed by atoms with Crippen molar-refractivity contribution in [2.24, 2.45) is 0 Å². The second-order valence-corrected chi connectivity index (χ2v) is 3.01. The maximum absolute atomic E-state index is 2.98. The van der Waals surface area contributed by atoms with Gasteiger partial charge < -0.3 is 17.0 Å². The molecule has 0 fully saturated rings. The summed E-state index contributed by atoms with van der Waals surface area (Å²) < 4.78 is 0. The predicted molar refractivity (Wildman–Crippen MR) is 47.4 cm³/mol. The van der Waals surface area contributed by atoms with Crippen molar-refractivity contribution in [1.82, 2.24) is 0 Å². The fraction of sp³-hybridized carbons (Fsp3) is 0.250. The van der Waals surface area contributed by atoms with Gasteiger partial charge in [-0.2, -0.15) is 42.1 Å². The van der Waals surface area contributed by atoms with Crippen LogP contribution in [0.5, 0.6) is 0 Å². The van der Waals surface area contributed by atoms with Crippen LogP contribution in [-0.2, 0) is 0 Å². The van der Waals surface area contributed by atoms with Crippen LogP contribution in [0.3, 0.4) is 0 Å². The van der Waals surface area contributed by atoms with Crippen LogP contribution in [0.25, 0.3) is 0 Å². The first-order valence-electron chi connectivity index (χ1n) is 3.02. The van der Waals surface area contributed by atoms with E-state index in [1.54, 1.807) is 0 Å². The Hall–Kier alpha value is 0.816. The van der Waals surface area contributed by atoms with Crippen molar-refractivity contribution in [3.8, 4) is 0 Å². The average Bonchev–Trinajstić information content (AvgIpc) is 1.91. The average molecular weight is 241 g/mol. The first-order valence-corrected chi connectivity index (χ1v) is 4.01. The molecule has 0 heterocycles. The van der Waals surface area contributed by atoms with Crippen LogP contribution in [0, 0.1) is 6.07 Å². The van der Waals surface area contributed by atoms with E-state index in [-0.39, 0.29) is 40.0 Å². The Kier molecular flexibility index (Phi) is 11.6. The SMILES string of the molecule is CCSc1cc[c-]cc1.[Br-].[Mg+2]. The van der Waals surface area contributed by atoms with Crippen molar-refractivity contribution in [3.63, 3.8) is 0 Å². The molecule has 3 heteroatoms. The fourth-order valence-corrected chi connectivity index (χ4v) is 1.30. The van der Waals surface area contributed by atoms with Crippen molar-refractivity contribution in [2.75, 3.05) is 5.75 Å². The van der Waals surface area contributed by atoms with E-state index in [0.717, 1.165) is 5.75 Å². The topological polar surface area (TPSA) is 0 Å². The van der Waals surface area contributed by atoms with E-state index in [2.05, 4.69) is 25.1 Å². The predicted octanol–water partition coefficient (Wildman–Crippen LogP) is -0.778. The molecule has 1 aromatic rings. The summed E-state index contributed by atoms with van der Waals surface area (Å²) in [6.45, 7) is 2.15. The van der Waals surface area contributed by atoms with Gasteiger partial charge in [-0.3, -0.25) is 0 Å². The van der Waals surface area contributed by atoms with Gasteiger partial charge in [-0.25, -0.2) is 0 Å². The first kappa shape index (κ1) is 14.3. The van der Waals surface area contributed by atoms with Crippen LogP contribution >= 0.6 is 11.8 Å². The van der Waals surface area contributed by atoms with Crippen molar-refractivity contribution in [2.45, 2.75) is 11.8 Å². The molecule has 56 valence electrons. The smallest absolute Gasteiger partial charge is 1.00 e. The Morgan fingerprint density at radius 1 is 1.36 bits per heavy atom. The van der Waals surface area contributed by atoms with Gasteiger partial charge in [0, 0.05) is 0 Å². The third kappa shape index (κ3) is 6.02. The van der Waals surface area contributed by atoms with Crippen molar-refractivity contribution < 1.29 is 17.0 Å². The molecule has 0 spiro atoms. The number of halogens is 1. The Balaban J connectivity index is 0. The van der Waals surface area contributed by atoms with Gasteiger partial charge >= 0.3 is 23.1 Å². The van der Waals surface area contributed by atoms with Gasteiger partial charge in [-0.15, -0.1) is 4.90 Å². The van der Waals surface area contributed by atoms with E-state index in [1.165, 1.54) is 4.90 Å². The monoisotopic (exact) mass is 240 g/mol. The largest absolute Gasteiger partial charge is 2.00 e. The van der Waals surface area contributed by atoms with Crippen LogP contribution < -0.4 is 17.0 Å². The van der Waals surface area contributed by atoms with Crippen LogP contribution in [0.1, 0.15) is 6.92 Å². The number of rotatable bonds is 2. The van der Waals surface area contributed by atoms with E-state index in [1.807, 2.05) is 23.9 Å². The second-order valence-electron chi connectivity index (χ2n) is 1.67. The molecule has 0 aliphatic heterocycles. The summed E-state index contributed by atoms with van der Waals surface area (Å²) in [5.41, 5.74) is 0. The minimum Gasteiger partial charge on any atom is -1.00 e. The quantitative estimate of drug-likeness (QED) is 0.372. The molecule has 1 aromatic carbocycles. The Labute approximate surface area is 99.1 Å². The molecule has 11 heavy (non-hydrogen) atoms. The molecule has 0 N–H and O–H groups in total. The minimum atomic E-state index is 0. The van der Waals surface area contributed by atoms with E-state index in [0.29, 0.717) is 0 Å². The van der Waals surface area contributed by atoms with Crippen molar-refractivity contribution in [1.29, 1.82) is 0 Å². The summed E-state index contributed by atoms with van der Waals surface area (Å²) >= 11 is 1.86. The van der Waals surface area contributed by atoms with Gasteiger partial charge in [-0.1, -0.05) is 6.92 Å². The molecule has 0 unspecified atom stereocenters. The molecule has 0 aliphatic rings. The molecule has 0 bridgehead atoms. The molecule has 0 atom stereocenters. The van der Waals surface area contributed by atoms with Gasteiger partial charge in [-0.05, 0) is 5.75 Å². The molecular weight excluding hydrogens is 232 g/mol. The minimum absolute atomic E-state index is 0. The molecule has 0 saturated heterocycles. The van der Waals surface area contributed by atoms with E-state index in [4.69, 9.17) is 0 Å². The molecule has 0 radical (unpaired) electrons. The molecular formula is C8H9BrMgS. The Morgan fingerprint density at radius 2 is 1.91 bits per heavy atom. The zero-order valence-corrected chi connectivity index (χ0v) is 10.3. The van der Waals surface area contributed by atoms with Gasteiger partial charge in [0.1, 0.15) is 0 Å². The maximum Gasteiger partial charge on any atom is 2.00 e. The zero-order chi connectivity index (χ0) is 6.53. The van der Waals surface area contributed by atoms with Crippen LogP contribution in [-0.4, -0.2) is 28.8 Å². The normalized spacial score (nSPS) is 7.73. The number of thioether (sulfide) groups is 1. The molecule has 0 nitrogen and oxygen atoms in total. The molecule has 0 aromatic heterocycles. The molecule has 0 amide bonds. The maximum atomic E-state index is 2.98. The molecule has 1 rings (SSSR count). The number of hydrogen-bond acceptors (Lipinski definition) is 1. The van der Waals surface area contributed by atoms with Gasteiger partial charge in [0.05, 0.1) is 0 Å². The summed E-state index contributed by atoms with van der Waals surface area (Å²) in [5, 5.41) is 0. The van der Waals surface area contributed by atoms with E-state index >= 15 is 0 Å². The third-order valence-corrected chi connectivity index (χ3v) is 1.89. The second kappa shape index (κ2) is 8.91. The molecule has 0 saturated carbocycles. The summed E-state index contributed by atoms with van der Waals surface area (Å²) in [7, 11) is 0. The van der Waals surface area contributed by atoms with Gasteiger partial charge in [0.15, 0.2) is 0 Å². The number of hydrogen-bond donors (Lipinski definition) is 0. The number of benzene rings is 1. The van der Waals surface area contributed by atoms with Crippen LogP contribution in [0.4, 0.5) is 0 Å². The van der Waals surface area contributed by atoms with E-state index < -0.39 is 0 Å². The van der Waals surface area contributed by atoms with Crippen LogP contribution in [0.15, 0.2) is 29.2 Å². The summed E-state index contributed by atoms with van der Waals surface area (Å²) in [5.74, 6) is 1.14. The van der Waals surface area contributed by atoms with Gasteiger partial charge in [0.2, 0.25) is 0 Å². The molecule has 0 aliphatic carbocycles. The van der Waals surface area contributed by atoms with E-state index in [9.17, 15) is 0 Å². The van der Waals surface area contributed by atoms with Gasteiger partial charge in [0.25, 0.3) is 0 Å². The summed E-state index contributed by atoms with van der Waals surface area (Å²) in [4.78, 5) is 1.33. The first-order chi connectivity index (χ1) is 4.43. The fourth-order valence-electron chi connectivity index (χ4n) is 0.634. The zero-order valence-electron chi connectivity index (χ0n) is 6.51. The van der Waals surface area contributed by atoms with Crippen LogP contribution in [0.2, 0.25) is 0 Å². The van der Waals surface area contributed by atoms with Crippen molar-refractivity contribution in [3.05, 3.63) is 30.3 Å². The third-order valence-electron chi connectivity index (χ3n) is 0.999. The summed E-state index contributed by atoms with van der Waals surface area (Å²) in [6.07, 6.45) is 0. The Bertz CT molecular complexity index is 167. The standard InChI is InChI=1S/C8H9S.BrH.Mg/c1-2-9-8-6-4-3-5-7-8;;/h4-7H,2H2,1H3;1H;/q-1;;+2/p-1.